The SMILES string of the molecule is CCS(=O)(=O)N1C[C@H]2C[C@H](OC)[C@@H](NC(=O)c3ccc4c(c3)ncn4C)C[C@H]2C1. The predicted molar refractivity (Wildman–Crippen MR) is 110 cm³/mol. The third-order valence-corrected chi connectivity index (χ3v) is 8.26. The third kappa shape index (κ3) is 3.78. The maximum Gasteiger partial charge on any atom is 0.251 e. The summed E-state index contributed by atoms with van der Waals surface area (Å²) in [4.78, 5) is 17.2. The predicted octanol–water partition coefficient (Wildman–Crippen LogP) is 1.38. The Morgan fingerprint density at radius 1 is 1.28 bits per heavy atom. The fourth-order valence-electron chi connectivity index (χ4n) is 4.72. The summed E-state index contributed by atoms with van der Waals surface area (Å²) < 4.78 is 33.7. The first kappa shape index (κ1) is 20.3. The number of aryl methyl sites for hydroxylation is 1. The molecule has 2 heterocycles. The quantitative estimate of drug-likeness (QED) is 0.789. The molecule has 29 heavy (non-hydrogen) atoms. The number of benzene rings is 1. The summed E-state index contributed by atoms with van der Waals surface area (Å²) in [6.07, 6.45) is 3.07. The topological polar surface area (TPSA) is 93.5 Å². The number of carbonyl (C=O) groups excluding carboxylic acids is 1. The van der Waals surface area contributed by atoms with Crippen LogP contribution in [0.25, 0.3) is 11.0 Å². The molecule has 8 nitrogen and oxygen atoms in total. The standard InChI is InChI=1S/C20H28N4O4S/c1-4-29(26,27)24-10-14-8-17(19(28-3)9-15(14)11-24)22-20(25)13-5-6-18-16(7-13)21-12-23(18)2/h5-7,12,14-15,17,19H,4,8-11H2,1-3H3,(H,22,25)/t14-,15+,17-,19-/m0/s1. The summed E-state index contributed by atoms with van der Waals surface area (Å²) in [7, 11) is 0.383. The smallest absolute Gasteiger partial charge is 0.251 e. The van der Waals surface area contributed by atoms with E-state index in [1.165, 1.54) is 0 Å². The maximum absolute atomic E-state index is 12.9. The Labute approximate surface area is 171 Å². The molecule has 4 atom stereocenters. The summed E-state index contributed by atoms with van der Waals surface area (Å²) in [5, 5.41) is 3.12. The Kier molecular flexibility index (Phi) is 5.39. The van der Waals surface area contributed by atoms with Crippen molar-refractivity contribution in [3.63, 3.8) is 0 Å². The fraction of sp³-hybridized carbons (Fsp3) is 0.600. The lowest BCUT2D eigenvalue weighted by Gasteiger charge is -2.37. The summed E-state index contributed by atoms with van der Waals surface area (Å²) >= 11 is 0. The fourth-order valence-corrected chi connectivity index (χ4v) is 5.92. The van der Waals surface area contributed by atoms with Crippen LogP contribution in [0.5, 0.6) is 0 Å². The van der Waals surface area contributed by atoms with Crippen LogP contribution in [0.3, 0.4) is 0 Å². The van der Waals surface area contributed by atoms with Gasteiger partial charge in [0.05, 0.1) is 35.3 Å². The van der Waals surface area contributed by atoms with Crippen molar-refractivity contribution < 1.29 is 17.9 Å². The van der Waals surface area contributed by atoms with Crippen molar-refractivity contribution in [3.8, 4) is 0 Å². The van der Waals surface area contributed by atoms with Crippen molar-refractivity contribution in [2.45, 2.75) is 31.9 Å². The van der Waals surface area contributed by atoms with Gasteiger partial charge in [0, 0.05) is 32.8 Å². The van der Waals surface area contributed by atoms with Crippen LogP contribution in [-0.4, -0.2) is 66.3 Å². The highest BCUT2D eigenvalue weighted by atomic mass is 32.2. The lowest BCUT2D eigenvalue weighted by molar-refractivity contribution is 0.0125. The number of fused-ring (bicyclic) bond motifs is 2. The van der Waals surface area contributed by atoms with Crippen LogP contribution >= 0.6 is 0 Å². The number of methoxy groups -OCH3 is 1. The first-order chi connectivity index (χ1) is 13.8. The van der Waals surface area contributed by atoms with Gasteiger partial charge in [-0.1, -0.05) is 0 Å². The molecule has 0 radical (unpaired) electrons. The molecule has 0 bridgehead atoms. The first-order valence-corrected chi connectivity index (χ1v) is 11.7. The third-order valence-electron chi connectivity index (χ3n) is 6.45. The highest BCUT2D eigenvalue weighted by Crippen LogP contribution is 2.38. The minimum atomic E-state index is -3.19. The number of imidazole rings is 1. The summed E-state index contributed by atoms with van der Waals surface area (Å²) in [6, 6.07) is 5.35. The number of amides is 1. The molecule has 1 saturated heterocycles. The Bertz CT molecular complexity index is 1020. The van der Waals surface area contributed by atoms with Gasteiger partial charge in [-0.25, -0.2) is 17.7 Å². The number of ether oxygens (including phenoxy) is 1. The lowest BCUT2D eigenvalue weighted by Crippen LogP contribution is -2.50. The van der Waals surface area contributed by atoms with Gasteiger partial charge in [0.25, 0.3) is 5.91 Å². The van der Waals surface area contributed by atoms with E-state index in [2.05, 4.69) is 10.3 Å². The molecule has 2 fully saturated rings. The molecule has 1 saturated carbocycles. The molecule has 1 amide bonds. The van der Waals surface area contributed by atoms with Crippen molar-refractivity contribution in [2.24, 2.45) is 18.9 Å². The van der Waals surface area contributed by atoms with Crippen LogP contribution in [0.4, 0.5) is 0 Å². The second-order valence-electron chi connectivity index (χ2n) is 8.12. The Morgan fingerprint density at radius 3 is 2.69 bits per heavy atom. The molecule has 1 aromatic carbocycles. The summed E-state index contributed by atoms with van der Waals surface area (Å²) in [5.41, 5.74) is 2.32. The van der Waals surface area contributed by atoms with E-state index in [0.29, 0.717) is 18.7 Å². The highest BCUT2D eigenvalue weighted by Gasteiger charge is 2.45. The van der Waals surface area contributed by atoms with E-state index in [4.69, 9.17) is 4.74 Å². The van der Waals surface area contributed by atoms with E-state index in [9.17, 15) is 13.2 Å². The molecule has 1 aliphatic heterocycles. The van der Waals surface area contributed by atoms with Gasteiger partial charge in [-0.15, -0.1) is 0 Å². The molecule has 158 valence electrons. The van der Waals surface area contributed by atoms with Crippen molar-refractivity contribution in [2.75, 3.05) is 26.0 Å². The number of nitrogens with one attached hydrogen (secondary N) is 1. The number of hydrogen-bond donors (Lipinski definition) is 1. The normalized spacial score (nSPS) is 27.8. The van der Waals surface area contributed by atoms with E-state index in [0.717, 1.165) is 23.9 Å². The number of rotatable bonds is 5. The molecule has 1 N–H and O–H groups in total. The summed E-state index contributed by atoms with van der Waals surface area (Å²) in [6.45, 7) is 2.76. The lowest BCUT2D eigenvalue weighted by atomic mass is 9.77. The van der Waals surface area contributed by atoms with Gasteiger partial charge >= 0.3 is 0 Å². The van der Waals surface area contributed by atoms with Gasteiger partial charge < -0.3 is 14.6 Å². The maximum atomic E-state index is 12.9. The largest absolute Gasteiger partial charge is 0.379 e. The van der Waals surface area contributed by atoms with Gasteiger partial charge in [-0.3, -0.25) is 4.79 Å². The number of hydrogen-bond acceptors (Lipinski definition) is 5. The van der Waals surface area contributed by atoms with Gasteiger partial charge in [-0.05, 0) is 49.8 Å². The average Bonchev–Trinajstić information content (AvgIpc) is 3.30. The number of carbonyl (C=O) groups is 1. The molecule has 9 heteroatoms. The zero-order valence-corrected chi connectivity index (χ0v) is 17.9. The summed E-state index contributed by atoms with van der Waals surface area (Å²) in [5.74, 6) is 0.487. The Hall–Kier alpha value is -1.97. The van der Waals surface area contributed by atoms with E-state index in [1.54, 1.807) is 36.8 Å². The van der Waals surface area contributed by atoms with Gasteiger partial charge in [0.15, 0.2) is 0 Å². The van der Waals surface area contributed by atoms with E-state index in [-0.39, 0.29) is 35.6 Å². The van der Waals surface area contributed by atoms with Crippen LogP contribution in [0.2, 0.25) is 0 Å². The van der Waals surface area contributed by atoms with Crippen LogP contribution in [0.15, 0.2) is 24.5 Å². The average molecular weight is 421 g/mol. The molecule has 4 rings (SSSR count). The van der Waals surface area contributed by atoms with Crippen molar-refractivity contribution in [1.29, 1.82) is 0 Å². The van der Waals surface area contributed by atoms with E-state index < -0.39 is 10.0 Å². The number of aromatic nitrogens is 2. The van der Waals surface area contributed by atoms with Crippen molar-refractivity contribution >= 4 is 27.0 Å². The first-order valence-electron chi connectivity index (χ1n) is 10.0. The monoisotopic (exact) mass is 420 g/mol. The zero-order chi connectivity index (χ0) is 20.8. The molecule has 2 aromatic rings. The Morgan fingerprint density at radius 2 is 2.00 bits per heavy atom. The van der Waals surface area contributed by atoms with Gasteiger partial charge in [0.1, 0.15) is 0 Å². The second-order valence-corrected chi connectivity index (χ2v) is 10.4. The molecule has 1 aromatic heterocycles. The van der Waals surface area contributed by atoms with Crippen molar-refractivity contribution in [3.05, 3.63) is 30.1 Å². The highest BCUT2D eigenvalue weighted by molar-refractivity contribution is 7.89. The van der Waals surface area contributed by atoms with Crippen molar-refractivity contribution in [1.82, 2.24) is 19.2 Å². The molecule has 2 aliphatic rings. The molecular formula is C20H28N4O4S. The van der Waals surface area contributed by atoms with Gasteiger partial charge in [0.2, 0.25) is 10.0 Å². The molecule has 0 spiro atoms. The number of sulfonamides is 1. The van der Waals surface area contributed by atoms with E-state index >= 15 is 0 Å². The van der Waals surface area contributed by atoms with Crippen LogP contribution in [-0.2, 0) is 21.8 Å². The van der Waals surface area contributed by atoms with Crippen LogP contribution < -0.4 is 5.32 Å². The van der Waals surface area contributed by atoms with Crippen LogP contribution in [0, 0.1) is 11.8 Å². The van der Waals surface area contributed by atoms with Gasteiger partial charge in [-0.2, -0.15) is 0 Å². The van der Waals surface area contributed by atoms with Crippen LogP contribution in [0.1, 0.15) is 30.1 Å². The minimum absolute atomic E-state index is 0.121. The number of nitrogens with zero attached hydrogens (tertiary/aromatic N) is 3. The molecule has 1 aliphatic carbocycles. The second kappa shape index (κ2) is 7.70. The minimum Gasteiger partial charge on any atom is -0.379 e. The Balaban J connectivity index is 1.48. The molecule has 0 unspecified atom stereocenters. The molecular weight excluding hydrogens is 392 g/mol. The van der Waals surface area contributed by atoms with E-state index in [1.807, 2.05) is 17.7 Å². The zero-order valence-electron chi connectivity index (χ0n) is 17.0.